The number of halogens is 2. The SMILES string of the molecule is O=C(NCCc1c(F)cccc1F)N1CCN(S(=O)(=O)c2ccccc2)CC1. The molecule has 1 N–H and O–H groups in total. The molecule has 2 aromatic carbocycles. The van der Waals surface area contributed by atoms with Crippen LogP contribution in [0.25, 0.3) is 0 Å². The largest absolute Gasteiger partial charge is 0.338 e. The third-order valence-corrected chi connectivity index (χ3v) is 6.53. The second-order valence-corrected chi connectivity index (χ2v) is 8.32. The number of benzene rings is 2. The molecule has 1 saturated heterocycles. The summed E-state index contributed by atoms with van der Waals surface area (Å²) in [5.74, 6) is -1.29. The third-order valence-electron chi connectivity index (χ3n) is 4.62. The van der Waals surface area contributed by atoms with Crippen molar-refractivity contribution in [2.45, 2.75) is 11.3 Å². The number of nitrogens with zero attached hydrogens (tertiary/aromatic N) is 2. The second kappa shape index (κ2) is 8.66. The summed E-state index contributed by atoms with van der Waals surface area (Å²) in [5.41, 5.74) is -0.0680. The van der Waals surface area contributed by atoms with E-state index in [1.54, 1.807) is 18.2 Å². The summed E-state index contributed by atoms with van der Waals surface area (Å²) in [6.45, 7) is 0.941. The monoisotopic (exact) mass is 409 g/mol. The first-order valence-electron chi connectivity index (χ1n) is 8.90. The van der Waals surface area contributed by atoms with E-state index in [1.807, 2.05) is 0 Å². The lowest BCUT2D eigenvalue weighted by Crippen LogP contribution is -2.53. The minimum atomic E-state index is -3.58. The third kappa shape index (κ3) is 4.48. The number of piperazine rings is 1. The highest BCUT2D eigenvalue weighted by Crippen LogP contribution is 2.17. The topological polar surface area (TPSA) is 69.7 Å². The molecule has 0 aliphatic carbocycles. The van der Waals surface area contributed by atoms with E-state index in [2.05, 4.69) is 5.32 Å². The summed E-state index contributed by atoms with van der Waals surface area (Å²) in [7, 11) is -3.58. The summed E-state index contributed by atoms with van der Waals surface area (Å²) in [5, 5.41) is 2.63. The van der Waals surface area contributed by atoms with Crippen LogP contribution in [-0.4, -0.2) is 56.4 Å². The maximum atomic E-state index is 13.6. The molecule has 2 aromatic rings. The molecule has 28 heavy (non-hydrogen) atoms. The zero-order valence-corrected chi connectivity index (χ0v) is 16.0. The van der Waals surface area contributed by atoms with E-state index in [9.17, 15) is 22.0 Å². The number of sulfonamides is 1. The van der Waals surface area contributed by atoms with Gasteiger partial charge in [0.15, 0.2) is 0 Å². The van der Waals surface area contributed by atoms with Crippen molar-refractivity contribution in [2.24, 2.45) is 0 Å². The van der Waals surface area contributed by atoms with Crippen molar-refractivity contribution in [3.05, 3.63) is 65.7 Å². The lowest BCUT2D eigenvalue weighted by atomic mass is 10.1. The molecular formula is C19H21F2N3O3S. The molecule has 2 amide bonds. The Hall–Kier alpha value is -2.52. The highest BCUT2D eigenvalue weighted by Gasteiger charge is 2.29. The molecule has 0 aromatic heterocycles. The minimum Gasteiger partial charge on any atom is -0.338 e. The number of hydrogen-bond donors (Lipinski definition) is 1. The fraction of sp³-hybridized carbons (Fsp3) is 0.316. The summed E-state index contributed by atoms with van der Waals surface area (Å²) in [6, 6.07) is 11.4. The van der Waals surface area contributed by atoms with Crippen molar-refractivity contribution in [1.29, 1.82) is 0 Å². The Balaban J connectivity index is 1.50. The van der Waals surface area contributed by atoms with Crippen LogP contribution in [0.4, 0.5) is 13.6 Å². The maximum Gasteiger partial charge on any atom is 0.317 e. The Bertz CT molecular complexity index is 910. The molecule has 1 aliphatic heterocycles. The zero-order valence-electron chi connectivity index (χ0n) is 15.1. The van der Waals surface area contributed by atoms with Crippen molar-refractivity contribution in [3.8, 4) is 0 Å². The molecule has 0 spiro atoms. The molecular weight excluding hydrogens is 388 g/mol. The van der Waals surface area contributed by atoms with Crippen LogP contribution >= 0.6 is 0 Å². The molecule has 3 rings (SSSR count). The number of carbonyl (C=O) groups is 1. The van der Waals surface area contributed by atoms with Crippen LogP contribution in [0.3, 0.4) is 0 Å². The predicted octanol–water partition coefficient (Wildman–Crippen LogP) is 2.22. The number of nitrogens with one attached hydrogen (secondary N) is 1. The van der Waals surface area contributed by atoms with Gasteiger partial charge in [-0.1, -0.05) is 24.3 Å². The summed E-state index contributed by atoms with van der Waals surface area (Å²) >= 11 is 0. The van der Waals surface area contributed by atoms with Crippen LogP contribution in [-0.2, 0) is 16.4 Å². The predicted molar refractivity (Wildman–Crippen MR) is 100 cm³/mol. The Kier molecular flexibility index (Phi) is 6.25. The fourth-order valence-electron chi connectivity index (χ4n) is 3.05. The molecule has 0 bridgehead atoms. The van der Waals surface area contributed by atoms with Crippen LogP contribution in [0.15, 0.2) is 53.4 Å². The number of amides is 2. The molecule has 9 heteroatoms. The average molecular weight is 409 g/mol. The number of hydrogen-bond acceptors (Lipinski definition) is 3. The lowest BCUT2D eigenvalue weighted by Gasteiger charge is -2.34. The van der Waals surface area contributed by atoms with Crippen LogP contribution in [0, 0.1) is 11.6 Å². The summed E-state index contributed by atoms with van der Waals surface area (Å²) in [4.78, 5) is 14.0. The zero-order chi connectivity index (χ0) is 20.1. The van der Waals surface area contributed by atoms with E-state index in [1.165, 1.54) is 39.5 Å². The Morgan fingerprint density at radius 1 is 0.929 bits per heavy atom. The standard InChI is InChI=1S/C19H21F2N3O3S/c20-17-7-4-8-18(21)16(17)9-10-22-19(25)23-11-13-24(14-12-23)28(26,27)15-5-2-1-3-6-15/h1-8H,9-14H2,(H,22,25). The van der Waals surface area contributed by atoms with Gasteiger partial charge in [0.1, 0.15) is 11.6 Å². The van der Waals surface area contributed by atoms with Gasteiger partial charge in [-0.05, 0) is 30.7 Å². The summed E-state index contributed by atoms with van der Waals surface area (Å²) in [6.07, 6.45) is 0.0343. The van der Waals surface area contributed by atoms with E-state index in [0.29, 0.717) is 0 Å². The quantitative estimate of drug-likeness (QED) is 0.823. The molecule has 1 heterocycles. The van der Waals surface area contributed by atoms with Gasteiger partial charge < -0.3 is 10.2 Å². The maximum absolute atomic E-state index is 13.6. The first-order chi connectivity index (χ1) is 13.4. The second-order valence-electron chi connectivity index (χ2n) is 6.39. The van der Waals surface area contributed by atoms with E-state index in [4.69, 9.17) is 0 Å². The van der Waals surface area contributed by atoms with Crippen LogP contribution in [0.5, 0.6) is 0 Å². The van der Waals surface area contributed by atoms with Crippen molar-refractivity contribution < 1.29 is 22.0 Å². The molecule has 0 unspecified atom stereocenters. The lowest BCUT2D eigenvalue weighted by molar-refractivity contribution is 0.172. The molecule has 0 saturated carbocycles. The van der Waals surface area contributed by atoms with Gasteiger partial charge in [-0.3, -0.25) is 0 Å². The van der Waals surface area contributed by atoms with Crippen LogP contribution in [0.1, 0.15) is 5.56 Å². The summed E-state index contributed by atoms with van der Waals surface area (Å²) < 4.78 is 53.7. The Morgan fingerprint density at radius 2 is 1.54 bits per heavy atom. The van der Waals surface area contributed by atoms with Gasteiger partial charge in [0.2, 0.25) is 10.0 Å². The van der Waals surface area contributed by atoms with Gasteiger partial charge in [0, 0.05) is 38.3 Å². The van der Waals surface area contributed by atoms with E-state index >= 15 is 0 Å². The van der Waals surface area contributed by atoms with Gasteiger partial charge >= 0.3 is 6.03 Å². The van der Waals surface area contributed by atoms with Gasteiger partial charge in [-0.15, -0.1) is 0 Å². The number of urea groups is 1. The highest BCUT2D eigenvalue weighted by atomic mass is 32.2. The van der Waals surface area contributed by atoms with Crippen molar-refractivity contribution in [3.63, 3.8) is 0 Å². The Labute approximate surface area is 162 Å². The van der Waals surface area contributed by atoms with E-state index in [0.717, 1.165) is 0 Å². The van der Waals surface area contributed by atoms with Gasteiger partial charge in [0.25, 0.3) is 0 Å². The van der Waals surface area contributed by atoms with Gasteiger partial charge in [-0.2, -0.15) is 4.31 Å². The van der Waals surface area contributed by atoms with Gasteiger partial charge in [0.05, 0.1) is 4.90 Å². The molecule has 6 nitrogen and oxygen atoms in total. The van der Waals surface area contributed by atoms with Crippen molar-refractivity contribution >= 4 is 16.1 Å². The van der Waals surface area contributed by atoms with Crippen molar-refractivity contribution in [2.75, 3.05) is 32.7 Å². The smallest absolute Gasteiger partial charge is 0.317 e. The average Bonchev–Trinajstić information content (AvgIpc) is 2.71. The normalized spacial score (nSPS) is 15.4. The van der Waals surface area contributed by atoms with Crippen LogP contribution in [0.2, 0.25) is 0 Å². The first-order valence-corrected chi connectivity index (χ1v) is 10.3. The Morgan fingerprint density at radius 3 is 2.14 bits per heavy atom. The molecule has 150 valence electrons. The molecule has 1 aliphatic rings. The van der Waals surface area contributed by atoms with Crippen molar-refractivity contribution in [1.82, 2.24) is 14.5 Å². The number of carbonyl (C=O) groups excluding carboxylic acids is 1. The van der Waals surface area contributed by atoms with Crippen LogP contribution < -0.4 is 5.32 Å². The number of rotatable bonds is 5. The minimum absolute atomic E-state index is 0.0343. The van der Waals surface area contributed by atoms with E-state index < -0.39 is 21.7 Å². The molecule has 0 atom stereocenters. The van der Waals surface area contributed by atoms with E-state index in [-0.39, 0.29) is 55.6 Å². The highest BCUT2D eigenvalue weighted by molar-refractivity contribution is 7.89. The first kappa shape index (κ1) is 20.2. The molecule has 1 fully saturated rings. The van der Waals surface area contributed by atoms with Gasteiger partial charge in [-0.25, -0.2) is 22.0 Å². The molecule has 0 radical (unpaired) electrons. The fourth-order valence-corrected chi connectivity index (χ4v) is 4.49.